The van der Waals surface area contributed by atoms with Crippen LogP contribution in [-0.4, -0.2) is 38.1 Å². The van der Waals surface area contributed by atoms with Crippen molar-refractivity contribution in [2.75, 3.05) is 20.3 Å². The second-order valence-corrected chi connectivity index (χ2v) is 5.37. The van der Waals surface area contributed by atoms with E-state index in [0.717, 1.165) is 0 Å². The molecule has 1 aromatic rings. The minimum absolute atomic E-state index is 0.228. The molecular formula is C15H21BrN2O4. The molecule has 7 heteroatoms. The molecule has 122 valence electrons. The molecule has 6 nitrogen and oxygen atoms in total. The SMILES string of the molecule is CCNC(=O)C(C)NC(=O)c1cc(Br)c(OC)c(OCC)c1. The van der Waals surface area contributed by atoms with E-state index in [4.69, 9.17) is 9.47 Å². The van der Waals surface area contributed by atoms with E-state index in [9.17, 15) is 9.59 Å². The van der Waals surface area contributed by atoms with Gasteiger partial charge in [0.1, 0.15) is 6.04 Å². The molecule has 0 aliphatic heterocycles. The molecule has 1 aromatic carbocycles. The first-order valence-corrected chi connectivity index (χ1v) is 7.82. The number of rotatable bonds is 7. The average molecular weight is 373 g/mol. The van der Waals surface area contributed by atoms with E-state index in [1.54, 1.807) is 19.1 Å². The summed E-state index contributed by atoms with van der Waals surface area (Å²) in [6.07, 6.45) is 0. The molecule has 0 aromatic heterocycles. The summed E-state index contributed by atoms with van der Waals surface area (Å²) in [5, 5.41) is 5.30. The highest BCUT2D eigenvalue weighted by Gasteiger charge is 2.19. The molecule has 0 radical (unpaired) electrons. The number of likely N-dealkylation sites (N-methyl/N-ethyl adjacent to an activating group) is 1. The topological polar surface area (TPSA) is 76.7 Å². The van der Waals surface area contributed by atoms with Crippen LogP contribution in [0.15, 0.2) is 16.6 Å². The Kier molecular flexibility index (Phi) is 7.17. The minimum Gasteiger partial charge on any atom is -0.492 e. The van der Waals surface area contributed by atoms with E-state index in [0.29, 0.717) is 34.7 Å². The summed E-state index contributed by atoms with van der Waals surface area (Å²) in [4.78, 5) is 23.9. The van der Waals surface area contributed by atoms with Crippen molar-refractivity contribution in [2.45, 2.75) is 26.8 Å². The lowest BCUT2D eigenvalue weighted by atomic mass is 10.1. The summed E-state index contributed by atoms with van der Waals surface area (Å²) in [5.74, 6) is 0.405. The Balaban J connectivity index is 2.96. The fourth-order valence-corrected chi connectivity index (χ4v) is 2.44. The third-order valence-corrected chi connectivity index (χ3v) is 3.46. The predicted octanol–water partition coefficient (Wildman–Crippen LogP) is 2.11. The van der Waals surface area contributed by atoms with Crippen molar-refractivity contribution in [3.63, 3.8) is 0 Å². The number of carbonyl (C=O) groups is 2. The molecule has 0 aliphatic rings. The van der Waals surface area contributed by atoms with Crippen molar-refractivity contribution in [1.82, 2.24) is 10.6 Å². The molecule has 0 spiro atoms. The maximum atomic E-state index is 12.3. The summed E-state index contributed by atoms with van der Waals surface area (Å²) in [5.41, 5.74) is 0.382. The Labute approximate surface area is 138 Å². The highest BCUT2D eigenvalue weighted by Crippen LogP contribution is 2.36. The summed E-state index contributed by atoms with van der Waals surface area (Å²) in [6.45, 7) is 6.26. The molecule has 0 fully saturated rings. The van der Waals surface area contributed by atoms with E-state index in [1.807, 2.05) is 13.8 Å². The molecule has 0 saturated carbocycles. The first-order valence-electron chi connectivity index (χ1n) is 7.03. The first kappa shape index (κ1) is 18.3. The van der Waals surface area contributed by atoms with Gasteiger partial charge in [-0.2, -0.15) is 0 Å². The number of hydrogen-bond acceptors (Lipinski definition) is 4. The number of carbonyl (C=O) groups excluding carboxylic acids is 2. The molecule has 22 heavy (non-hydrogen) atoms. The summed E-state index contributed by atoms with van der Waals surface area (Å²) < 4.78 is 11.3. The highest BCUT2D eigenvalue weighted by molar-refractivity contribution is 9.10. The molecular weight excluding hydrogens is 352 g/mol. The zero-order valence-corrected chi connectivity index (χ0v) is 14.7. The molecule has 0 aliphatic carbocycles. The van der Waals surface area contributed by atoms with Gasteiger partial charge in [0.05, 0.1) is 18.2 Å². The van der Waals surface area contributed by atoms with Gasteiger partial charge in [-0.1, -0.05) is 0 Å². The molecule has 1 atom stereocenters. The van der Waals surface area contributed by atoms with Crippen LogP contribution in [0.5, 0.6) is 11.5 Å². The minimum atomic E-state index is -0.621. The number of hydrogen-bond donors (Lipinski definition) is 2. The lowest BCUT2D eigenvalue weighted by molar-refractivity contribution is -0.122. The molecule has 1 rings (SSSR count). The fourth-order valence-electron chi connectivity index (χ4n) is 1.83. The Morgan fingerprint density at radius 3 is 2.55 bits per heavy atom. The monoisotopic (exact) mass is 372 g/mol. The molecule has 2 amide bonds. The van der Waals surface area contributed by atoms with E-state index >= 15 is 0 Å². The molecule has 1 unspecified atom stereocenters. The van der Waals surface area contributed by atoms with Crippen LogP contribution >= 0.6 is 15.9 Å². The Bertz CT molecular complexity index is 549. The van der Waals surface area contributed by atoms with Gasteiger partial charge in [0.25, 0.3) is 5.91 Å². The van der Waals surface area contributed by atoms with Gasteiger partial charge < -0.3 is 20.1 Å². The number of ether oxygens (including phenoxy) is 2. The number of nitrogens with one attached hydrogen (secondary N) is 2. The average Bonchev–Trinajstić information content (AvgIpc) is 2.47. The van der Waals surface area contributed by atoms with E-state index in [1.165, 1.54) is 7.11 Å². The third-order valence-electron chi connectivity index (χ3n) is 2.87. The van der Waals surface area contributed by atoms with Gasteiger partial charge in [-0.05, 0) is 48.8 Å². The number of benzene rings is 1. The zero-order valence-electron chi connectivity index (χ0n) is 13.2. The van der Waals surface area contributed by atoms with Gasteiger partial charge in [0.15, 0.2) is 11.5 Å². The van der Waals surface area contributed by atoms with Crippen molar-refractivity contribution in [3.05, 3.63) is 22.2 Å². The molecule has 0 saturated heterocycles. The van der Waals surface area contributed by atoms with E-state index in [2.05, 4.69) is 26.6 Å². The fraction of sp³-hybridized carbons (Fsp3) is 0.467. The largest absolute Gasteiger partial charge is 0.492 e. The maximum Gasteiger partial charge on any atom is 0.252 e. The predicted molar refractivity (Wildman–Crippen MR) is 87.5 cm³/mol. The third kappa shape index (κ3) is 4.62. The summed E-state index contributed by atoms with van der Waals surface area (Å²) in [6, 6.07) is 2.59. The molecule has 0 heterocycles. The number of methoxy groups -OCH3 is 1. The standard InChI is InChI=1S/C15H21BrN2O4/c1-5-17-14(19)9(3)18-15(20)10-7-11(16)13(21-4)12(8-10)22-6-2/h7-9H,5-6H2,1-4H3,(H,17,19)(H,18,20). The highest BCUT2D eigenvalue weighted by atomic mass is 79.9. The molecule has 0 bridgehead atoms. The van der Waals surface area contributed by atoms with Crippen molar-refractivity contribution < 1.29 is 19.1 Å². The van der Waals surface area contributed by atoms with Crippen LogP contribution in [0, 0.1) is 0 Å². The maximum absolute atomic E-state index is 12.3. The number of amides is 2. The van der Waals surface area contributed by atoms with Gasteiger partial charge in [0, 0.05) is 12.1 Å². The Morgan fingerprint density at radius 1 is 1.32 bits per heavy atom. The lowest BCUT2D eigenvalue weighted by Crippen LogP contribution is -2.44. The van der Waals surface area contributed by atoms with Gasteiger partial charge in [-0.25, -0.2) is 0 Å². The summed E-state index contributed by atoms with van der Waals surface area (Å²) >= 11 is 3.35. The van der Waals surface area contributed by atoms with Crippen molar-refractivity contribution in [3.8, 4) is 11.5 Å². The van der Waals surface area contributed by atoms with Crippen LogP contribution in [0.1, 0.15) is 31.1 Å². The smallest absolute Gasteiger partial charge is 0.252 e. The Morgan fingerprint density at radius 2 is 2.00 bits per heavy atom. The van der Waals surface area contributed by atoms with Crippen LogP contribution in [0.3, 0.4) is 0 Å². The van der Waals surface area contributed by atoms with Crippen molar-refractivity contribution in [2.24, 2.45) is 0 Å². The van der Waals surface area contributed by atoms with Crippen molar-refractivity contribution >= 4 is 27.7 Å². The van der Waals surface area contributed by atoms with E-state index in [-0.39, 0.29) is 11.8 Å². The Hall–Kier alpha value is -1.76. The van der Waals surface area contributed by atoms with Crippen LogP contribution in [-0.2, 0) is 4.79 Å². The van der Waals surface area contributed by atoms with Crippen LogP contribution in [0.4, 0.5) is 0 Å². The summed E-state index contributed by atoms with van der Waals surface area (Å²) in [7, 11) is 1.53. The zero-order chi connectivity index (χ0) is 16.7. The number of halogens is 1. The first-order chi connectivity index (χ1) is 10.4. The van der Waals surface area contributed by atoms with Gasteiger partial charge >= 0.3 is 0 Å². The lowest BCUT2D eigenvalue weighted by Gasteiger charge is -2.16. The van der Waals surface area contributed by atoms with Crippen LogP contribution in [0.25, 0.3) is 0 Å². The van der Waals surface area contributed by atoms with Gasteiger partial charge in [-0.3, -0.25) is 9.59 Å². The van der Waals surface area contributed by atoms with Gasteiger partial charge in [-0.15, -0.1) is 0 Å². The van der Waals surface area contributed by atoms with Crippen molar-refractivity contribution in [1.29, 1.82) is 0 Å². The van der Waals surface area contributed by atoms with E-state index < -0.39 is 6.04 Å². The molecule has 2 N–H and O–H groups in total. The normalized spacial score (nSPS) is 11.5. The second-order valence-electron chi connectivity index (χ2n) is 4.51. The van der Waals surface area contributed by atoms with Crippen LogP contribution < -0.4 is 20.1 Å². The quantitative estimate of drug-likeness (QED) is 0.768. The van der Waals surface area contributed by atoms with Crippen LogP contribution in [0.2, 0.25) is 0 Å². The second kappa shape index (κ2) is 8.63. The van der Waals surface area contributed by atoms with Gasteiger partial charge in [0.2, 0.25) is 5.91 Å².